The number of aliphatic hydroxyl groups is 1. The molecule has 1 aromatic rings. The van der Waals surface area contributed by atoms with Crippen LogP contribution in [0, 0.1) is 52.3 Å². The lowest BCUT2D eigenvalue weighted by atomic mass is 9.43. The molecular weight excluding hydrogens is 512 g/mol. The molecule has 0 amide bonds. The highest BCUT2D eigenvalue weighted by molar-refractivity contribution is 5.89. The smallest absolute Gasteiger partial charge is 0.338 e. The van der Waals surface area contributed by atoms with Gasteiger partial charge in [0.1, 0.15) is 6.10 Å². The number of allylic oxidation sites excluding steroid dienone is 1. The van der Waals surface area contributed by atoms with Crippen molar-refractivity contribution in [2.75, 3.05) is 13.2 Å². The fourth-order valence-electron chi connectivity index (χ4n) is 10.3. The van der Waals surface area contributed by atoms with Crippen molar-refractivity contribution in [1.29, 1.82) is 0 Å². The van der Waals surface area contributed by atoms with Gasteiger partial charge in [0, 0.05) is 18.8 Å². The van der Waals surface area contributed by atoms with E-state index in [1.165, 1.54) is 6.42 Å². The Morgan fingerprint density at radius 3 is 2.41 bits per heavy atom. The topological polar surface area (TPSA) is 65.0 Å². The van der Waals surface area contributed by atoms with Crippen LogP contribution >= 0.6 is 0 Å². The predicted molar refractivity (Wildman–Crippen MR) is 160 cm³/mol. The standard InChI is InChI=1S/C36H52O5/c1-23(2)30(37)14-11-24(3)27-12-13-28-32-29(15-16-35(27,28)5)34(4)17-18-36(39-19-20-40-36)22-26(34)21-31(32)41-33(38)25-9-7-6-8-10-25/h6-11,14,23-24,26-32,37H,12-13,15-22H2,1-5H3/b14-11+/t24-,26+,27-,28?,29?,30-,31?,32?,34+,35-/m1/s1/i30D. The van der Waals surface area contributed by atoms with Crippen molar-refractivity contribution >= 4 is 5.97 Å². The van der Waals surface area contributed by atoms with E-state index in [4.69, 9.17) is 15.6 Å². The van der Waals surface area contributed by atoms with Crippen LogP contribution in [0.15, 0.2) is 42.5 Å². The van der Waals surface area contributed by atoms with Crippen molar-refractivity contribution in [3.8, 4) is 0 Å². The Kier molecular flexibility index (Phi) is 7.61. The summed E-state index contributed by atoms with van der Waals surface area (Å²) >= 11 is 0. The summed E-state index contributed by atoms with van der Waals surface area (Å²) < 4.78 is 27.3. The first-order valence-electron chi connectivity index (χ1n) is 16.8. The minimum atomic E-state index is -1.54. The first kappa shape index (κ1) is 28.1. The van der Waals surface area contributed by atoms with E-state index in [0.717, 1.165) is 44.9 Å². The molecular formula is C36H52O5. The van der Waals surface area contributed by atoms with Crippen LogP contribution in [0.4, 0.5) is 0 Å². The van der Waals surface area contributed by atoms with Gasteiger partial charge in [-0.05, 0) is 97.0 Å². The largest absolute Gasteiger partial charge is 0.458 e. The molecule has 0 aromatic heterocycles. The Hall–Kier alpha value is -1.69. The molecule has 0 radical (unpaired) electrons. The molecule has 41 heavy (non-hydrogen) atoms. The molecule has 10 atom stereocenters. The summed E-state index contributed by atoms with van der Waals surface area (Å²) in [4.78, 5) is 13.5. The molecule has 1 spiro atoms. The van der Waals surface area contributed by atoms with Crippen molar-refractivity contribution in [3.63, 3.8) is 0 Å². The lowest BCUT2D eigenvalue weighted by Crippen LogP contribution is -2.60. The third-order valence-electron chi connectivity index (χ3n) is 12.6. The van der Waals surface area contributed by atoms with E-state index in [1.54, 1.807) is 6.08 Å². The van der Waals surface area contributed by atoms with E-state index in [2.05, 4.69) is 26.8 Å². The van der Waals surface area contributed by atoms with Gasteiger partial charge in [0.2, 0.25) is 0 Å². The summed E-state index contributed by atoms with van der Waals surface area (Å²) in [6.45, 7) is 12.4. The molecule has 0 bridgehead atoms. The quantitative estimate of drug-likeness (QED) is 0.287. The predicted octanol–water partition coefficient (Wildman–Crippen LogP) is 7.43. The fraction of sp³-hybridized carbons (Fsp3) is 0.750. The Morgan fingerprint density at radius 2 is 1.71 bits per heavy atom. The highest BCUT2D eigenvalue weighted by Crippen LogP contribution is 2.69. The molecule has 5 aliphatic rings. The molecule has 4 unspecified atom stereocenters. The van der Waals surface area contributed by atoms with Gasteiger partial charge < -0.3 is 19.3 Å². The summed E-state index contributed by atoms with van der Waals surface area (Å²) in [6.07, 6.45) is 10.6. The van der Waals surface area contributed by atoms with Gasteiger partial charge >= 0.3 is 5.97 Å². The van der Waals surface area contributed by atoms with Crippen LogP contribution in [-0.4, -0.2) is 42.3 Å². The van der Waals surface area contributed by atoms with Crippen LogP contribution in [0.5, 0.6) is 0 Å². The van der Waals surface area contributed by atoms with Gasteiger partial charge in [0.05, 0.1) is 26.2 Å². The maximum atomic E-state index is 13.5. The maximum Gasteiger partial charge on any atom is 0.338 e. The van der Waals surface area contributed by atoms with Crippen molar-refractivity contribution < 1.29 is 25.5 Å². The van der Waals surface area contributed by atoms with Gasteiger partial charge in [-0.2, -0.15) is 0 Å². The number of rotatable bonds is 6. The number of carbonyl (C=O) groups is 1. The third kappa shape index (κ3) is 5.12. The number of benzene rings is 1. The van der Waals surface area contributed by atoms with Crippen molar-refractivity contribution in [1.82, 2.24) is 0 Å². The maximum absolute atomic E-state index is 13.5. The van der Waals surface area contributed by atoms with Gasteiger partial charge in [-0.3, -0.25) is 0 Å². The molecule has 1 N–H and O–H groups in total. The highest BCUT2D eigenvalue weighted by atomic mass is 16.7. The monoisotopic (exact) mass is 565 g/mol. The molecule has 4 aliphatic carbocycles. The number of hydrogen-bond acceptors (Lipinski definition) is 5. The van der Waals surface area contributed by atoms with Crippen LogP contribution in [0.1, 0.15) is 97.7 Å². The van der Waals surface area contributed by atoms with Crippen molar-refractivity contribution in [3.05, 3.63) is 48.0 Å². The zero-order valence-electron chi connectivity index (χ0n) is 26.8. The second-order valence-electron chi connectivity index (χ2n) is 14.9. The molecule has 5 nitrogen and oxygen atoms in total. The van der Waals surface area contributed by atoms with Crippen LogP contribution in [0.2, 0.25) is 0 Å². The number of fused-ring (bicyclic) bond motifs is 5. The summed E-state index contributed by atoms with van der Waals surface area (Å²) in [7, 11) is 0. The van der Waals surface area contributed by atoms with E-state index >= 15 is 0 Å². The lowest BCUT2D eigenvalue weighted by Gasteiger charge is -2.63. The first-order valence-corrected chi connectivity index (χ1v) is 16.3. The second kappa shape index (κ2) is 11.1. The van der Waals surface area contributed by atoms with Gasteiger partial charge in [-0.1, -0.05) is 65.0 Å². The molecule has 1 saturated heterocycles. The van der Waals surface area contributed by atoms with E-state index in [9.17, 15) is 9.90 Å². The number of ether oxygens (including phenoxy) is 3. The zero-order chi connectivity index (χ0) is 29.9. The molecule has 6 rings (SSSR count). The number of esters is 1. The molecule has 1 aliphatic heterocycles. The first-order chi connectivity index (χ1) is 19.9. The fourth-order valence-corrected chi connectivity index (χ4v) is 10.3. The summed E-state index contributed by atoms with van der Waals surface area (Å²) in [5.41, 5.74) is 0.946. The SMILES string of the molecule is [2H][C@@](O)(/C=C/[C@@H](C)[C@H]1CCC2C3C(OC(=O)c4ccccc4)C[C@H]4CC5(CC[C@]4(C)C3CC[C@@]21C)OCCO5)C(C)C. The third-order valence-corrected chi connectivity index (χ3v) is 12.6. The number of hydrogen-bond donors (Lipinski definition) is 1. The van der Waals surface area contributed by atoms with E-state index < -0.39 is 11.9 Å². The van der Waals surface area contributed by atoms with Crippen molar-refractivity contribution in [2.45, 2.75) is 104 Å². The van der Waals surface area contributed by atoms with Gasteiger partial charge in [0.25, 0.3) is 0 Å². The minimum Gasteiger partial charge on any atom is -0.458 e. The summed E-state index contributed by atoms with van der Waals surface area (Å²) in [5.74, 6) is 1.66. The van der Waals surface area contributed by atoms with Crippen LogP contribution in [-0.2, 0) is 14.2 Å². The average Bonchev–Trinajstić information content (AvgIpc) is 3.57. The summed E-state index contributed by atoms with van der Waals surface area (Å²) in [5, 5.41) is 10.6. The van der Waals surface area contributed by atoms with Gasteiger partial charge in [0.15, 0.2) is 5.79 Å². The molecule has 1 heterocycles. The molecule has 4 saturated carbocycles. The van der Waals surface area contributed by atoms with Crippen molar-refractivity contribution in [2.24, 2.45) is 52.3 Å². The van der Waals surface area contributed by atoms with Gasteiger partial charge in [-0.25, -0.2) is 4.79 Å². The highest BCUT2D eigenvalue weighted by Gasteiger charge is 2.65. The summed E-state index contributed by atoms with van der Waals surface area (Å²) in [6, 6.07) is 9.46. The van der Waals surface area contributed by atoms with Crippen LogP contribution < -0.4 is 0 Å². The molecule has 5 heteroatoms. The number of carbonyl (C=O) groups excluding carboxylic acids is 1. The van der Waals surface area contributed by atoms with E-state index in [0.29, 0.717) is 48.4 Å². The Bertz CT molecular complexity index is 1160. The molecule has 226 valence electrons. The van der Waals surface area contributed by atoms with E-state index in [1.807, 2.05) is 44.2 Å². The van der Waals surface area contributed by atoms with E-state index in [-0.39, 0.29) is 34.7 Å². The Balaban J connectivity index is 1.30. The molecule has 5 fully saturated rings. The second-order valence-corrected chi connectivity index (χ2v) is 14.9. The Labute approximate surface area is 248 Å². The average molecular weight is 566 g/mol. The molecule has 1 aromatic carbocycles. The normalized spacial score (nSPS) is 42.3. The zero-order valence-corrected chi connectivity index (χ0v) is 25.8. The minimum absolute atomic E-state index is 0.120. The van der Waals surface area contributed by atoms with Crippen LogP contribution in [0.25, 0.3) is 0 Å². The van der Waals surface area contributed by atoms with Gasteiger partial charge in [-0.15, -0.1) is 0 Å². The Morgan fingerprint density at radius 1 is 1.00 bits per heavy atom. The lowest BCUT2D eigenvalue weighted by molar-refractivity contribution is -0.242. The van der Waals surface area contributed by atoms with Crippen LogP contribution in [0.3, 0.4) is 0 Å².